The first kappa shape index (κ1) is 25.1. The number of sulfonamides is 1. The van der Waals surface area contributed by atoms with Crippen molar-refractivity contribution in [1.82, 2.24) is 0 Å². The van der Waals surface area contributed by atoms with E-state index in [1.165, 1.54) is 25.2 Å². The number of ether oxygens (including phenoxy) is 1. The van der Waals surface area contributed by atoms with Crippen LogP contribution in [0.2, 0.25) is 5.02 Å². The third-order valence-corrected chi connectivity index (χ3v) is 6.66. The SMILES string of the molecule is CN(c1ccc(F)cc1)S(=O)(=O)c1ccc(Cl)c(C(=O)OCC(=O)Nc2ccc(F)cc2F)c1. The molecule has 0 radical (unpaired) electrons. The van der Waals surface area contributed by atoms with Gasteiger partial charge in [-0.15, -0.1) is 0 Å². The molecule has 178 valence electrons. The average molecular weight is 513 g/mol. The molecule has 12 heteroatoms. The maximum absolute atomic E-state index is 13.6. The summed E-state index contributed by atoms with van der Waals surface area (Å²) in [6, 6.07) is 10.5. The van der Waals surface area contributed by atoms with Crippen molar-refractivity contribution >= 4 is 44.9 Å². The number of nitrogens with zero attached hydrogens (tertiary/aromatic N) is 1. The molecule has 3 rings (SSSR count). The van der Waals surface area contributed by atoms with Crippen molar-refractivity contribution in [2.24, 2.45) is 0 Å². The van der Waals surface area contributed by atoms with Gasteiger partial charge in [0.1, 0.15) is 17.5 Å². The van der Waals surface area contributed by atoms with Gasteiger partial charge in [-0.2, -0.15) is 0 Å². The molecule has 7 nitrogen and oxygen atoms in total. The third kappa shape index (κ3) is 5.67. The molecule has 0 fully saturated rings. The number of nitrogens with one attached hydrogen (secondary N) is 1. The summed E-state index contributed by atoms with van der Waals surface area (Å²) in [4.78, 5) is 24.1. The van der Waals surface area contributed by atoms with E-state index in [2.05, 4.69) is 5.32 Å². The Morgan fingerprint density at radius 3 is 2.26 bits per heavy atom. The average Bonchev–Trinajstić information content (AvgIpc) is 2.79. The number of carbonyl (C=O) groups excluding carboxylic acids is 2. The molecule has 3 aromatic carbocycles. The second kappa shape index (κ2) is 10.1. The Hall–Kier alpha value is -3.57. The number of hydrogen-bond acceptors (Lipinski definition) is 5. The molecule has 0 unspecified atom stereocenters. The van der Waals surface area contributed by atoms with Crippen LogP contribution >= 0.6 is 11.6 Å². The van der Waals surface area contributed by atoms with Crippen molar-refractivity contribution in [2.45, 2.75) is 4.90 Å². The van der Waals surface area contributed by atoms with Crippen LogP contribution in [-0.4, -0.2) is 33.9 Å². The smallest absolute Gasteiger partial charge is 0.340 e. The summed E-state index contributed by atoms with van der Waals surface area (Å²) in [5.74, 6) is -4.43. The van der Waals surface area contributed by atoms with Gasteiger partial charge in [0.05, 0.1) is 26.9 Å². The fraction of sp³-hybridized carbons (Fsp3) is 0.0909. The fourth-order valence-electron chi connectivity index (χ4n) is 2.76. The van der Waals surface area contributed by atoms with Crippen LogP contribution in [-0.2, 0) is 19.6 Å². The monoisotopic (exact) mass is 512 g/mol. The minimum Gasteiger partial charge on any atom is -0.452 e. The van der Waals surface area contributed by atoms with Crippen molar-refractivity contribution in [2.75, 3.05) is 23.3 Å². The molecule has 0 saturated carbocycles. The maximum atomic E-state index is 13.6. The van der Waals surface area contributed by atoms with Crippen LogP contribution in [0.4, 0.5) is 24.5 Å². The molecule has 0 aliphatic heterocycles. The Bertz CT molecular complexity index is 1350. The first-order valence-corrected chi connectivity index (χ1v) is 11.3. The normalized spacial score (nSPS) is 11.1. The van der Waals surface area contributed by atoms with E-state index < -0.39 is 46.0 Å². The van der Waals surface area contributed by atoms with Gasteiger partial charge in [0.25, 0.3) is 15.9 Å². The minimum absolute atomic E-state index is 0.140. The molecule has 0 aliphatic carbocycles. The largest absolute Gasteiger partial charge is 0.452 e. The van der Waals surface area contributed by atoms with Gasteiger partial charge in [0.2, 0.25) is 0 Å². The van der Waals surface area contributed by atoms with Gasteiger partial charge < -0.3 is 10.1 Å². The third-order valence-electron chi connectivity index (χ3n) is 4.55. The van der Waals surface area contributed by atoms with Crippen molar-refractivity contribution in [3.8, 4) is 0 Å². The van der Waals surface area contributed by atoms with E-state index in [0.717, 1.165) is 40.7 Å². The lowest BCUT2D eigenvalue weighted by atomic mass is 10.2. The summed E-state index contributed by atoms with van der Waals surface area (Å²) >= 11 is 6.00. The van der Waals surface area contributed by atoms with Gasteiger partial charge in [0, 0.05) is 13.1 Å². The Morgan fingerprint density at radius 2 is 1.62 bits per heavy atom. The Kier molecular flexibility index (Phi) is 7.48. The molecule has 0 bridgehead atoms. The van der Waals surface area contributed by atoms with Crippen LogP contribution in [0.5, 0.6) is 0 Å². The highest BCUT2D eigenvalue weighted by molar-refractivity contribution is 7.92. The topological polar surface area (TPSA) is 92.8 Å². The van der Waals surface area contributed by atoms with Crippen molar-refractivity contribution < 1.29 is 35.9 Å². The Balaban J connectivity index is 1.74. The quantitative estimate of drug-likeness (QED) is 0.474. The Labute approximate surface area is 197 Å². The van der Waals surface area contributed by atoms with Crippen LogP contribution in [0, 0.1) is 17.5 Å². The summed E-state index contributed by atoms with van der Waals surface area (Å²) in [6.07, 6.45) is 0. The zero-order valence-electron chi connectivity index (χ0n) is 17.4. The predicted molar refractivity (Wildman–Crippen MR) is 119 cm³/mol. The molecule has 3 aromatic rings. The molecule has 0 aliphatic rings. The predicted octanol–water partition coefficient (Wildman–Crippen LogP) is 4.38. The highest BCUT2D eigenvalue weighted by Gasteiger charge is 2.24. The first-order valence-electron chi connectivity index (χ1n) is 9.45. The summed E-state index contributed by atoms with van der Waals surface area (Å²) in [7, 11) is -2.92. The molecule has 0 atom stereocenters. The number of amides is 1. The number of hydrogen-bond donors (Lipinski definition) is 1. The summed E-state index contributed by atoms with van der Waals surface area (Å²) < 4.78 is 71.3. The molecule has 0 heterocycles. The van der Waals surface area contributed by atoms with Crippen LogP contribution in [0.3, 0.4) is 0 Å². The van der Waals surface area contributed by atoms with Gasteiger partial charge in [-0.05, 0) is 54.6 Å². The molecule has 0 saturated heterocycles. The van der Waals surface area contributed by atoms with E-state index >= 15 is 0 Å². The first-order chi connectivity index (χ1) is 16.0. The van der Waals surface area contributed by atoms with Gasteiger partial charge in [-0.3, -0.25) is 9.10 Å². The summed E-state index contributed by atoms with van der Waals surface area (Å²) in [5, 5.41) is 1.97. The highest BCUT2D eigenvalue weighted by atomic mass is 35.5. The van der Waals surface area contributed by atoms with Gasteiger partial charge in [0.15, 0.2) is 6.61 Å². The van der Waals surface area contributed by atoms with Gasteiger partial charge in [-0.1, -0.05) is 11.6 Å². The van der Waals surface area contributed by atoms with Crippen LogP contribution in [0.25, 0.3) is 0 Å². The second-order valence-electron chi connectivity index (χ2n) is 6.84. The molecule has 0 aromatic heterocycles. The van der Waals surface area contributed by atoms with Gasteiger partial charge in [-0.25, -0.2) is 26.4 Å². The molecular weight excluding hydrogens is 497 g/mol. The van der Waals surface area contributed by atoms with Crippen LogP contribution in [0.15, 0.2) is 65.6 Å². The van der Waals surface area contributed by atoms with E-state index in [1.807, 2.05) is 0 Å². The van der Waals surface area contributed by atoms with Crippen molar-refractivity contribution in [1.29, 1.82) is 0 Å². The second-order valence-corrected chi connectivity index (χ2v) is 9.22. The number of esters is 1. The summed E-state index contributed by atoms with van der Waals surface area (Å²) in [6.45, 7) is -0.849. The number of anilines is 2. The van der Waals surface area contributed by atoms with E-state index in [0.29, 0.717) is 6.07 Å². The van der Waals surface area contributed by atoms with Gasteiger partial charge >= 0.3 is 5.97 Å². The number of benzene rings is 3. The maximum Gasteiger partial charge on any atom is 0.340 e. The zero-order valence-corrected chi connectivity index (χ0v) is 19.0. The van der Waals surface area contributed by atoms with Crippen molar-refractivity contribution in [3.05, 3.63) is 88.7 Å². The molecule has 1 amide bonds. The lowest BCUT2D eigenvalue weighted by molar-refractivity contribution is -0.119. The van der Waals surface area contributed by atoms with E-state index in [4.69, 9.17) is 16.3 Å². The fourth-order valence-corrected chi connectivity index (χ4v) is 4.17. The van der Waals surface area contributed by atoms with Crippen LogP contribution < -0.4 is 9.62 Å². The van der Waals surface area contributed by atoms with E-state index in [1.54, 1.807) is 0 Å². The number of halogens is 4. The zero-order chi connectivity index (χ0) is 25.0. The number of carbonyl (C=O) groups is 2. The lowest BCUT2D eigenvalue weighted by Crippen LogP contribution is -2.27. The highest BCUT2D eigenvalue weighted by Crippen LogP contribution is 2.26. The molecular formula is C22H16ClF3N2O5S. The molecule has 1 N–H and O–H groups in total. The number of rotatable bonds is 7. The van der Waals surface area contributed by atoms with Crippen molar-refractivity contribution in [3.63, 3.8) is 0 Å². The minimum atomic E-state index is -4.17. The standard InChI is InChI=1S/C22H16ClF3N2O5S/c1-28(15-5-2-13(24)3-6-15)34(31,32)16-7-8-18(23)17(11-16)22(30)33-12-21(29)27-20-9-4-14(25)10-19(20)26/h2-11H,12H2,1H3,(H,27,29). The van der Waals surface area contributed by atoms with E-state index in [9.17, 15) is 31.2 Å². The summed E-state index contributed by atoms with van der Waals surface area (Å²) in [5.41, 5.74) is -0.487. The lowest BCUT2D eigenvalue weighted by Gasteiger charge is -2.20. The Morgan fingerprint density at radius 1 is 0.971 bits per heavy atom. The van der Waals surface area contributed by atoms with E-state index in [-0.39, 0.29) is 26.9 Å². The van der Waals surface area contributed by atoms with Crippen LogP contribution in [0.1, 0.15) is 10.4 Å². The molecule has 0 spiro atoms. The molecule has 34 heavy (non-hydrogen) atoms.